The van der Waals surface area contributed by atoms with Gasteiger partial charge in [0.2, 0.25) is 5.91 Å². The smallest absolute Gasteiger partial charge is 0.266 e. The van der Waals surface area contributed by atoms with Crippen LogP contribution in [0.4, 0.5) is 0 Å². The highest BCUT2D eigenvalue weighted by atomic mass is 32.2. The van der Waals surface area contributed by atoms with E-state index in [0.717, 1.165) is 17.3 Å². The van der Waals surface area contributed by atoms with E-state index in [1.165, 1.54) is 18.1 Å². The van der Waals surface area contributed by atoms with Gasteiger partial charge in [-0.25, -0.2) is 0 Å². The predicted molar refractivity (Wildman–Crippen MR) is 117 cm³/mol. The highest BCUT2D eigenvalue weighted by Gasteiger charge is 2.38. The maximum Gasteiger partial charge on any atom is 0.266 e. The van der Waals surface area contributed by atoms with E-state index in [2.05, 4.69) is 5.32 Å². The molecule has 1 aliphatic rings. The maximum absolute atomic E-state index is 12.9. The molecule has 1 atom stereocenters. The summed E-state index contributed by atoms with van der Waals surface area (Å²) < 4.78 is 5.42. The van der Waals surface area contributed by atoms with Crippen LogP contribution in [0.1, 0.15) is 18.1 Å². The summed E-state index contributed by atoms with van der Waals surface area (Å²) >= 11 is 6.48. The van der Waals surface area contributed by atoms with Gasteiger partial charge in [0, 0.05) is 6.54 Å². The molecule has 0 aliphatic carbocycles. The number of methoxy groups -OCH3 is 1. The van der Waals surface area contributed by atoms with Gasteiger partial charge < -0.3 is 15.2 Å². The maximum atomic E-state index is 12.9. The molecule has 0 aromatic heterocycles. The Balaban J connectivity index is 1.71. The molecule has 1 fully saturated rings. The molecule has 0 spiro atoms. The minimum atomic E-state index is -0.730. The standard InChI is InChI=1S/C21H20N2O4S2/c1-13(19(25)22-12-14-6-4-3-5-7-14)23-20(26)18(29-21(23)28)11-15-8-9-16(24)17(10-15)27-2/h3-11,13,24H,12H2,1-2H3,(H,22,25)/b18-11-. The van der Waals surface area contributed by atoms with Crippen molar-refractivity contribution in [2.45, 2.75) is 19.5 Å². The van der Waals surface area contributed by atoms with Crippen molar-refractivity contribution in [3.05, 3.63) is 64.6 Å². The third-order valence-corrected chi connectivity index (χ3v) is 5.73. The van der Waals surface area contributed by atoms with Crippen molar-refractivity contribution >= 4 is 46.2 Å². The molecule has 2 aromatic carbocycles. The predicted octanol–water partition coefficient (Wildman–Crippen LogP) is 3.31. The lowest BCUT2D eigenvalue weighted by Gasteiger charge is -2.22. The van der Waals surface area contributed by atoms with E-state index in [1.54, 1.807) is 25.1 Å². The van der Waals surface area contributed by atoms with E-state index in [4.69, 9.17) is 17.0 Å². The van der Waals surface area contributed by atoms with Crippen molar-refractivity contribution in [1.29, 1.82) is 0 Å². The van der Waals surface area contributed by atoms with Gasteiger partial charge in [-0.1, -0.05) is 60.4 Å². The van der Waals surface area contributed by atoms with Gasteiger partial charge in [-0.15, -0.1) is 0 Å². The number of amides is 2. The number of carbonyl (C=O) groups excluding carboxylic acids is 2. The molecule has 0 bridgehead atoms. The Labute approximate surface area is 178 Å². The Hall–Kier alpha value is -2.84. The second kappa shape index (κ2) is 9.11. The lowest BCUT2D eigenvalue weighted by atomic mass is 10.1. The Bertz CT molecular complexity index is 976. The van der Waals surface area contributed by atoms with Gasteiger partial charge in [-0.2, -0.15) is 0 Å². The van der Waals surface area contributed by atoms with Crippen LogP contribution in [0.2, 0.25) is 0 Å². The van der Waals surface area contributed by atoms with Crippen molar-refractivity contribution in [2.75, 3.05) is 7.11 Å². The summed E-state index contributed by atoms with van der Waals surface area (Å²) in [5, 5.41) is 12.5. The fraction of sp³-hybridized carbons (Fsp3) is 0.190. The highest BCUT2D eigenvalue weighted by molar-refractivity contribution is 8.26. The SMILES string of the molecule is COc1cc(/C=C2\SC(=S)N(C(C)C(=O)NCc3ccccc3)C2=O)ccc1O. The van der Waals surface area contributed by atoms with Crippen LogP contribution in [0.25, 0.3) is 6.08 Å². The third kappa shape index (κ3) is 4.78. The van der Waals surface area contributed by atoms with E-state index in [-0.39, 0.29) is 17.6 Å². The number of phenols is 1. The zero-order valence-electron chi connectivity index (χ0n) is 15.9. The molecule has 6 nitrogen and oxygen atoms in total. The van der Waals surface area contributed by atoms with E-state index < -0.39 is 6.04 Å². The lowest BCUT2D eigenvalue weighted by molar-refractivity contribution is -0.132. The normalized spacial score (nSPS) is 16.2. The second-order valence-electron chi connectivity index (χ2n) is 6.36. The number of thiocarbonyl (C=S) groups is 1. The molecular formula is C21H20N2O4S2. The van der Waals surface area contributed by atoms with Crippen molar-refractivity contribution in [3.63, 3.8) is 0 Å². The molecule has 29 heavy (non-hydrogen) atoms. The van der Waals surface area contributed by atoms with Crippen molar-refractivity contribution < 1.29 is 19.4 Å². The van der Waals surface area contributed by atoms with Gasteiger partial charge in [0.1, 0.15) is 10.4 Å². The van der Waals surface area contributed by atoms with Crippen molar-refractivity contribution in [3.8, 4) is 11.5 Å². The van der Waals surface area contributed by atoms with E-state index in [1.807, 2.05) is 30.3 Å². The number of nitrogens with one attached hydrogen (secondary N) is 1. The number of thioether (sulfide) groups is 1. The molecular weight excluding hydrogens is 408 g/mol. The number of benzene rings is 2. The summed E-state index contributed by atoms with van der Waals surface area (Å²) in [4.78, 5) is 27.1. The topological polar surface area (TPSA) is 78.9 Å². The fourth-order valence-electron chi connectivity index (χ4n) is 2.80. The van der Waals surface area contributed by atoms with Gasteiger partial charge in [0.05, 0.1) is 12.0 Å². The summed E-state index contributed by atoms with van der Waals surface area (Å²) in [7, 11) is 1.45. The minimum Gasteiger partial charge on any atom is -0.504 e. The summed E-state index contributed by atoms with van der Waals surface area (Å²) in [6, 6.07) is 13.6. The highest BCUT2D eigenvalue weighted by Crippen LogP contribution is 2.35. The Kier molecular flexibility index (Phi) is 6.56. The fourth-order valence-corrected chi connectivity index (χ4v) is 4.22. The van der Waals surface area contributed by atoms with Crippen LogP contribution in [0.15, 0.2) is 53.4 Å². The largest absolute Gasteiger partial charge is 0.504 e. The van der Waals surface area contributed by atoms with Crippen LogP contribution in [0.5, 0.6) is 11.5 Å². The first-order valence-corrected chi connectivity index (χ1v) is 10.1. The Morgan fingerprint density at radius 2 is 2.03 bits per heavy atom. The van der Waals surface area contributed by atoms with E-state index in [0.29, 0.717) is 27.1 Å². The van der Waals surface area contributed by atoms with Crippen LogP contribution in [0, 0.1) is 0 Å². The number of ether oxygens (including phenoxy) is 1. The lowest BCUT2D eigenvalue weighted by Crippen LogP contribution is -2.46. The first-order chi connectivity index (χ1) is 13.9. The number of carbonyl (C=O) groups is 2. The molecule has 2 N–H and O–H groups in total. The molecule has 1 aliphatic heterocycles. The van der Waals surface area contributed by atoms with Gasteiger partial charge >= 0.3 is 0 Å². The molecule has 2 aromatic rings. The average molecular weight is 429 g/mol. The number of aromatic hydroxyl groups is 1. The molecule has 8 heteroatoms. The molecule has 0 saturated carbocycles. The molecule has 2 amide bonds. The number of nitrogens with zero attached hydrogens (tertiary/aromatic N) is 1. The number of rotatable bonds is 6. The third-order valence-electron chi connectivity index (χ3n) is 4.40. The molecule has 0 radical (unpaired) electrons. The van der Waals surface area contributed by atoms with Gasteiger partial charge in [0.15, 0.2) is 11.5 Å². The minimum absolute atomic E-state index is 0.0147. The number of phenolic OH excluding ortho intramolecular Hbond substituents is 1. The quantitative estimate of drug-likeness (QED) is 0.543. The Morgan fingerprint density at radius 3 is 2.72 bits per heavy atom. The van der Waals surface area contributed by atoms with Gasteiger partial charge in [-0.05, 0) is 36.3 Å². The summed E-state index contributed by atoms with van der Waals surface area (Å²) in [5.74, 6) is -0.282. The molecule has 1 saturated heterocycles. The average Bonchev–Trinajstić information content (AvgIpc) is 3.00. The molecule has 3 rings (SSSR count). The van der Waals surface area contributed by atoms with Crippen LogP contribution in [-0.2, 0) is 16.1 Å². The molecule has 1 unspecified atom stereocenters. The number of hydrogen-bond donors (Lipinski definition) is 2. The summed E-state index contributed by atoms with van der Waals surface area (Å²) in [5.41, 5.74) is 1.65. The second-order valence-corrected chi connectivity index (χ2v) is 8.04. The van der Waals surface area contributed by atoms with Crippen LogP contribution < -0.4 is 10.1 Å². The van der Waals surface area contributed by atoms with Crippen LogP contribution in [0.3, 0.4) is 0 Å². The zero-order chi connectivity index (χ0) is 21.0. The molecule has 1 heterocycles. The first kappa shape index (κ1) is 20.9. The Morgan fingerprint density at radius 1 is 1.31 bits per heavy atom. The van der Waals surface area contributed by atoms with E-state index >= 15 is 0 Å². The van der Waals surface area contributed by atoms with Crippen molar-refractivity contribution in [2.24, 2.45) is 0 Å². The monoisotopic (exact) mass is 428 g/mol. The number of hydrogen-bond acceptors (Lipinski definition) is 6. The summed E-state index contributed by atoms with van der Waals surface area (Å²) in [6.07, 6.45) is 1.66. The van der Waals surface area contributed by atoms with Gasteiger partial charge in [0.25, 0.3) is 5.91 Å². The van der Waals surface area contributed by atoms with Crippen LogP contribution >= 0.6 is 24.0 Å². The zero-order valence-corrected chi connectivity index (χ0v) is 17.5. The van der Waals surface area contributed by atoms with Gasteiger partial charge in [-0.3, -0.25) is 14.5 Å². The van der Waals surface area contributed by atoms with Crippen LogP contribution in [-0.4, -0.2) is 39.3 Å². The van der Waals surface area contributed by atoms with Crippen molar-refractivity contribution in [1.82, 2.24) is 10.2 Å². The molecule has 150 valence electrons. The summed E-state index contributed by atoms with van der Waals surface area (Å²) in [6.45, 7) is 2.03. The van der Waals surface area contributed by atoms with E-state index in [9.17, 15) is 14.7 Å². The first-order valence-electron chi connectivity index (χ1n) is 8.86.